The van der Waals surface area contributed by atoms with Crippen LogP contribution in [0, 0.1) is 5.92 Å². The molecule has 0 unspecified atom stereocenters. The molecule has 0 atom stereocenters. The zero-order valence-corrected chi connectivity index (χ0v) is 14.4. The Hall–Kier alpha value is -1.42. The molecule has 124 valence electrons. The summed E-state index contributed by atoms with van der Waals surface area (Å²) >= 11 is 6.21. The lowest BCUT2D eigenvalue weighted by atomic mass is 10.1. The van der Waals surface area contributed by atoms with Crippen LogP contribution in [0.1, 0.15) is 25.7 Å². The van der Waals surface area contributed by atoms with E-state index < -0.39 is 0 Å². The zero-order chi connectivity index (χ0) is 16.0. The van der Waals surface area contributed by atoms with Crippen LogP contribution in [-0.4, -0.2) is 50.1 Å². The molecule has 1 aromatic carbocycles. The maximum absolute atomic E-state index is 12.5. The number of hydrogen-bond acceptors (Lipinski definition) is 3. The van der Waals surface area contributed by atoms with Gasteiger partial charge >= 0.3 is 0 Å². The van der Waals surface area contributed by atoms with Gasteiger partial charge in [-0.05, 0) is 49.8 Å². The quantitative estimate of drug-likeness (QED) is 0.828. The normalized spacial score (nSPS) is 20.4. The van der Waals surface area contributed by atoms with E-state index in [0.717, 1.165) is 36.3 Å². The smallest absolute Gasteiger partial charge is 0.241 e. The van der Waals surface area contributed by atoms with E-state index in [9.17, 15) is 4.79 Å². The second-order valence-corrected chi connectivity index (χ2v) is 7.63. The van der Waals surface area contributed by atoms with Crippen LogP contribution in [0.15, 0.2) is 18.2 Å². The number of nitrogens with zero attached hydrogens (tertiary/aromatic N) is 3. The third-order valence-corrected chi connectivity index (χ3v) is 5.40. The average Bonchev–Trinajstić information content (AvgIpc) is 3.41. The van der Waals surface area contributed by atoms with Crippen LogP contribution in [0.4, 0.5) is 11.4 Å². The Bertz CT molecular complexity index is 612. The average molecular weight is 334 g/mol. The molecule has 0 radical (unpaired) electrons. The summed E-state index contributed by atoms with van der Waals surface area (Å²) in [4.78, 5) is 19.1. The molecule has 1 amide bonds. The number of likely N-dealkylation sites (N-methyl/N-ethyl adjacent to an activating group) is 1. The van der Waals surface area contributed by atoms with Gasteiger partial charge in [0.25, 0.3) is 0 Å². The number of rotatable bonds is 5. The summed E-state index contributed by atoms with van der Waals surface area (Å²) in [5, 5.41) is 0.772. The van der Waals surface area contributed by atoms with Crippen LogP contribution < -0.4 is 9.80 Å². The lowest BCUT2D eigenvalue weighted by molar-refractivity contribution is -0.128. The van der Waals surface area contributed by atoms with Crippen LogP contribution in [0.5, 0.6) is 0 Å². The minimum atomic E-state index is 0.220. The monoisotopic (exact) mass is 333 g/mol. The van der Waals surface area contributed by atoms with Crippen molar-refractivity contribution in [2.45, 2.75) is 31.7 Å². The summed E-state index contributed by atoms with van der Waals surface area (Å²) in [5.74, 6) is 0.958. The summed E-state index contributed by atoms with van der Waals surface area (Å²) in [7, 11) is 1.93. The second-order valence-electron chi connectivity index (χ2n) is 7.20. The molecule has 0 bridgehead atoms. The fourth-order valence-corrected chi connectivity index (χ4v) is 3.63. The Kier molecular flexibility index (Phi) is 3.88. The van der Waals surface area contributed by atoms with Gasteiger partial charge in [0.15, 0.2) is 0 Å². The van der Waals surface area contributed by atoms with E-state index in [0.29, 0.717) is 12.6 Å². The molecule has 5 heteroatoms. The summed E-state index contributed by atoms with van der Waals surface area (Å²) in [6.07, 6.45) is 5.10. The van der Waals surface area contributed by atoms with Crippen molar-refractivity contribution in [3.63, 3.8) is 0 Å². The van der Waals surface area contributed by atoms with Crippen LogP contribution >= 0.6 is 11.6 Å². The van der Waals surface area contributed by atoms with Crippen LogP contribution in [-0.2, 0) is 4.79 Å². The third-order valence-electron chi connectivity index (χ3n) is 5.17. The molecule has 1 aliphatic heterocycles. The molecule has 2 saturated carbocycles. The number of amides is 1. The molecular formula is C18H24ClN3O. The molecule has 1 heterocycles. The van der Waals surface area contributed by atoms with Crippen molar-refractivity contribution in [3.8, 4) is 0 Å². The fraction of sp³-hybridized carbons (Fsp3) is 0.611. The highest BCUT2D eigenvalue weighted by Crippen LogP contribution is 2.41. The van der Waals surface area contributed by atoms with Crippen LogP contribution in [0.2, 0.25) is 5.02 Å². The number of carbonyl (C=O) groups excluding carboxylic acids is 1. The lowest BCUT2D eigenvalue weighted by Gasteiger charge is -2.39. The van der Waals surface area contributed by atoms with Crippen LogP contribution in [0.25, 0.3) is 0 Å². The maximum Gasteiger partial charge on any atom is 0.241 e. The van der Waals surface area contributed by atoms with Gasteiger partial charge < -0.3 is 14.7 Å². The fourth-order valence-electron chi connectivity index (χ4n) is 3.47. The van der Waals surface area contributed by atoms with E-state index >= 15 is 0 Å². The standard InChI is InChI=1S/C18H24ClN3O/c1-20(11-13-2-3-13)18(23)12-21-8-9-22(15-5-6-15)17-10-14(19)4-7-16(17)21/h4,7,10,13,15H,2-3,5-6,8-9,11-12H2,1H3. The highest BCUT2D eigenvalue weighted by atomic mass is 35.5. The predicted molar refractivity (Wildman–Crippen MR) is 94.4 cm³/mol. The van der Waals surface area contributed by atoms with E-state index in [2.05, 4.69) is 21.9 Å². The third kappa shape index (κ3) is 3.27. The van der Waals surface area contributed by atoms with Gasteiger partial charge in [0.2, 0.25) is 5.91 Å². The van der Waals surface area contributed by atoms with Crippen LogP contribution in [0.3, 0.4) is 0 Å². The van der Waals surface area contributed by atoms with Crippen molar-refractivity contribution in [3.05, 3.63) is 23.2 Å². The molecule has 3 aliphatic rings. The van der Waals surface area contributed by atoms with E-state index in [4.69, 9.17) is 11.6 Å². The number of carbonyl (C=O) groups is 1. The first-order valence-electron chi connectivity index (χ1n) is 8.67. The summed E-state index contributed by atoms with van der Waals surface area (Å²) in [5.41, 5.74) is 2.35. The van der Waals surface area contributed by atoms with Gasteiger partial charge in [-0.2, -0.15) is 0 Å². The Morgan fingerprint density at radius 3 is 2.70 bits per heavy atom. The Morgan fingerprint density at radius 1 is 1.22 bits per heavy atom. The summed E-state index contributed by atoms with van der Waals surface area (Å²) in [6, 6.07) is 6.73. The molecule has 1 aromatic rings. The molecule has 2 fully saturated rings. The van der Waals surface area contributed by atoms with Gasteiger partial charge in [-0.15, -0.1) is 0 Å². The van der Waals surface area contributed by atoms with Gasteiger partial charge in [0.05, 0.1) is 17.9 Å². The highest BCUT2D eigenvalue weighted by molar-refractivity contribution is 6.31. The van der Waals surface area contributed by atoms with E-state index in [1.54, 1.807) is 0 Å². The number of hydrogen-bond donors (Lipinski definition) is 0. The summed E-state index contributed by atoms with van der Waals surface area (Å²) in [6.45, 7) is 3.27. The van der Waals surface area contributed by atoms with Gasteiger partial charge in [0.1, 0.15) is 0 Å². The Morgan fingerprint density at radius 2 is 2.00 bits per heavy atom. The molecular weight excluding hydrogens is 310 g/mol. The minimum Gasteiger partial charge on any atom is -0.365 e. The number of halogens is 1. The van der Waals surface area contributed by atoms with Gasteiger partial charge in [-0.25, -0.2) is 0 Å². The molecule has 4 rings (SSSR count). The van der Waals surface area contributed by atoms with Gasteiger partial charge in [-0.1, -0.05) is 11.6 Å². The first-order valence-corrected chi connectivity index (χ1v) is 9.05. The number of anilines is 2. The lowest BCUT2D eigenvalue weighted by Crippen LogP contribution is -2.46. The topological polar surface area (TPSA) is 26.8 Å². The van der Waals surface area contributed by atoms with E-state index in [1.807, 2.05) is 18.0 Å². The zero-order valence-electron chi connectivity index (χ0n) is 13.7. The van der Waals surface area contributed by atoms with Gasteiger partial charge in [-0.3, -0.25) is 4.79 Å². The Balaban J connectivity index is 1.50. The number of fused-ring (bicyclic) bond motifs is 1. The predicted octanol–water partition coefficient (Wildman–Crippen LogP) is 3.00. The van der Waals surface area contributed by atoms with Crippen molar-refractivity contribution >= 4 is 28.9 Å². The van der Waals surface area contributed by atoms with E-state index in [-0.39, 0.29) is 5.91 Å². The molecule has 2 aliphatic carbocycles. The molecule has 23 heavy (non-hydrogen) atoms. The largest absolute Gasteiger partial charge is 0.365 e. The molecule has 0 aromatic heterocycles. The van der Waals surface area contributed by atoms with Crippen molar-refractivity contribution in [1.82, 2.24) is 4.90 Å². The van der Waals surface area contributed by atoms with Crippen molar-refractivity contribution in [2.75, 3.05) is 43.0 Å². The first kappa shape index (κ1) is 15.1. The SMILES string of the molecule is CN(CC1CC1)C(=O)CN1CCN(C2CC2)c2cc(Cl)ccc21. The number of benzene rings is 1. The molecule has 0 spiro atoms. The molecule has 4 nitrogen and oxygen atoms in total. The minimum absolute atomic E-state index is 0.220. The van der Waals surface area contributed by atoms with Crippen molar-refractivity contribution in [1.29, 1.82) is 0 Å². The maximum atomic E-state index is 12.5. The second kappa shape index (κ2) is 5.90. The van der Waals surface area contributed by atoms with E-state index in [1.165, 1.54) is 31.4 Å². The Labute approximate surface area is 143 Å². The first-order chi connectivity index (χ1) is 11.1. The van der Waals surface area contributed by atoms with Crippen molar-refractivity contribution < 1.29 is 4.79 Å². The summed E-state index contributed by atoms with van der Waals surface area (Å²) < 4.78 is 0. The van der Waals surface area contributed by atoms with Gasteiger partial charge in [0, 0.05) is 37.7 Å². The molecule has 0 N–H and O–H groups in total. The highest BCUT2D eigenvalue weighted by Gasteiger charge is 2.35. The van der Waals surface area contributed by atoms with Crippen molar-refractivity contribution in [2.24, 2.45) is 5.92 Å². The molecule has 0 saturated heterocycles.